The van der Waals surface area contributed by atoms with Crippen molar-refractivity contribution in [1.29, 1.82) is 0 Å². The summed E-state index contributed by atoms with van der Waals surface area (Å²) in [7, 11) is 0. The van der Waals surface area contributed by atoms with Crippen LogP contribution in [0.25, 0.3) is 0 Å². The molecule has 0 aromatic rings. The second kappa shape index (κ2) is 5.11. The SMILES string of the molecule is C=C=CC1=C(/C(C)=C/C=C)NCC=C1. The zero-order valence-electron chi connectivity index (χ0n) is 8.51. The highest BCUT2D eigenvalue weighted by atomic mass is 14.9. The number of nitrogens with one attached hydrogen (secondary N) is 1. The van der Waals surface area contributed by atoms with Gasteiger partial charge in [-0.2, -0.15) is 0 Å². The fourth-order valence-electron chi connectivity index (χ4n) is 1.39. The monoisotopic (exact) mass is 185 g/mol. The summed E-state index contributed by atoms with van der Waals surface area (Å²) in [5.41, 5.74) is 6.20. The van der Waals surface area contributed by atoms with Crippen LogP contribution in [-0.4, -0.2) is 6.54 Å². The van der Waals surface area contributed by atoms with Crippen LogP contribution in [-0.2, 0) is 0 Å². The highest BCUT2D eigenvalue weighted by Crippen LogP contribution is 2.16. The van der Waals surface area contributed by atoms with Gasteiger partial charge in [-0.1, -0.05) is 37.5 Å². The second-order valence-electron chi connectivity index (χ2n) is 3.05. The first-order valence-corrected chi connectivity index (χ1v) is 4.59. The molecule has 0 bridgehead atoms. The van der Waals surface area contributed by atoms with Crippen molar-refractivity contribution in [3.63, 3.8) is 0 Å². The number of allylic oxidation sites excluding steroid dienone is 6. The molecule has 1 heterocycles. The minimum Gasteiger partial charge on any atom is -0.381 e. The second-order valence-corrected chi connectivity index (χ2v) is 3.05. The van der Waals surface area contributed by atoms with Gasteiger partial charge >= 0.3 is 0 Å². The molecule has 1 N–H and O–H groups in total. The average molecular weight is 185 g/mol. The standard InChI is InChI=1S/C13H15N/c1-4-7-11(3)13-12(8-5-2)9-6-10-14-13/h4,6-9,14H,1-2,10H2,3H3/b11-7+. The molecule has 0 saturated carbocycles. The van der Waals surface area contributed by atoms with E-state index in [1.165, 1.54) is 5.57 Å². The maximum Gasteiger partial charge on any atom is 0.0452 e. The van der Waals surface area contributed by atoms with Gasteiger partial charge in [0, 0.05) is 17.8 Å². The van der Waals surface area contributed by atoms with Crippen molar-refractivity contribution in [3.8, 4) is 0 Å². The van der Waals surface area contributed by atoms with Gasteiger partial charge in [-0.25, -0.2) is 0 Å². The molecule has 14 heavy (non-hydrogen) atoms. The van der Waals surface area contributed by atoms with E-state index in [9.17, 15) is 0 Å². The number of hydrogen-bond donors (Lipinski definition) is 1. The van der Waals surface area contributed by atoms with Crippen molar-refractivity contribution in [2.45, 2.75) is 6.92 Å². The summed E-state index contributed by atoms with van der Waals surface area (Å²) in [4.78, 5) is 0. The van der Waals surface area contributed by atoms with Gasteiger partial charge in [-0.15, -0.1) is 5.73 Å². The molecular formula is C13H15N. The number of rotatable bonds is 3. The molecule has 0 aliphatic carbocycles. The molecule has 1 nitrogen and oxygen atoms in total. The molecule has 0 atom stereocenters. The Balaban J connectivity index is 3.12. The fourth-order valence-corrected chi connectivity index (χ4v) is 1.39. The van der Waals surface area contributed by atoms with Crippen molar-refractivity contribution in [1.82, 2.24) is 5.32 Å². The maximum absolute atomic E-state index is 3.68. The van der Waals surface area contributed by atoms with Gasteiger partial charge in [0.1, 0.15) is 0 Å². The molecular weight excluding hydrogens is 170 g/mol. The first-order valence-electron chi connectivity index (χ1n) is 4.59. The van der Waals surface area contributed by atoms with Gasteiger partial charge in [0.2, 0.25) is 0 Å². The molecule has 0 amide bonds. The molecule has 72 valence electrons. The molecule has 1 heteroatoms. The zero-order chi connectivity index (χ0) is 10.4. The minimum atomic E-state index is 0.867. The Hall–Kier alpha value is -1.72. The molecule has 0 aromatic heterocycles. The molecule has 1 aliphatic heterocycles. The van der Waals surface area contributed by atoms with Crippen LogP contribution in [0, 0.1) is 0 Å². The van der Waals surface area contributed by atoms with E-state index in [1.54, 1.807) is 6.08 Å². The molecule has 0 fully saturated rings. The Morgan fingerprint density at radius 3 is 3.07 bits per heavy atom. The predicted octanol–water partition coefficient (Wildman–Crippen LogP) is 2.87. The van der Waals surface area contributed by atoms with Gasteiger partial charge in [-0.3, -0.25) is 0 Å². The molecule has 1 rings (SSSR count). The lowest BCUT2D eigenvalue weighted by Crippen LogP contribution is -2.18. The van der Waals surface area contributed by atoms with Crippen LogP contribution >= 0.6 is 0 Å². The average Bonchev–Trinajstić information content (AvgIpc) is 2.19. The molecule has 1 aliphatic rings. The van der Waals surface area contributed by atoms with Crippen molar-refractivity contribution in [2.75, 3.05) is 6.54 Å². The summed E-state index contributed by atoms with van der Waals surface area (Å²) >= 11 is 0. The Morgan fingerprint density at radius 2 is 2.43 bits per heavy atom. The lowest BCUT2D eigenvalue weighted by molar-refractivity contribution is 0.889. The maximum atomic E-state index is 3.68. The van der Waals surface area contributed by atoms with E-state index in [1.807, 2.05) is 12.2 Å². The zero-order valence-corrected chi connectivity index (χ0v) is 8.51. The van der Waals surface area contributed by atoms with Gasteiger partial charge in [-0.05, 0) is 18.6 Å². The molecule has 0 aromatic carbocycles. The topological polar surface area (TPSA) is 12.0 Å². The summed E-state index contributed by atoms with van der Waals surface area (Å²) in [6, 6.07) is 0. The third-order valence-electron chi connectivity index (χ3n) is 2.00. The molecule has 0 saturated heterocycles. The van der Waals surface area contributed by atoms with Crippen LogP contribution in [0.15, 0.2) is 66.1 Å². The van der Waals surface area contributed by atoms with Crippen LogP contribution in [0.1, 0.15) is 6.92 Å². The summed E-state index contributed by atoms with van der Waals surface area (Å²) in [6.07, 6.45) is 9.80. The molecule has 0 radical (unpaired) electrons. The largest absolute Gasteiger partial charge is 0.381 e. The van der Waals surface area contributed by atoms with Crippen molar-refractivity contribution >= 4 is 0 Å². The van der Waals surface area contributed by atoms with E-state index in [2.05, 4.69) is 43.3 Å². The van der Waals surface area contributed by atoms with E-state index in [-0.39, 0.29) is 0 Å². The number of dihydropyridines is 1. The van der Waals surface area contributed by atoms with Crippen LogP contribution in [0.2, 0.25) is 0 Å². The first kappa shape index (κ1) is 10.4. The van der Waals surface area contributed by atoms with Crippen LogP contribution in [0.3, 0.4) is 0 Å². The Bertz CT molecular complexity index is 361. The van der Waals surface area contributed by atoms with Crippen LogP contribution < -0.4 is 5.32 Å². The minimum absolute atomic E-state index is 0.867. The summed E-state index contributed by atoms with van der Waals surface area (Å²) in [5.74, 6) is 0. The van der Waals surface area contributed by atoms with Gasteiger partial charge in [0.15, 0.2) is 0 Å². The summed E-state index contributed by atoms with van der Waals surface area (Å²) in [6.45, 7) is 10.2. The lowest BCUT2D eigenvalue weighted by Gasteiger charge is -2.16. The predicted molar refractivity (Wildman–Crippen MR) is 61.8 cm³/mol. The van der Waals surface area contributed by atoms with Crippen LogP contribution in [0.4, 0.5) is 0 Å². The van der Waals surface area contributed by atoms with Crippen molar-refractivity contribution in [3.05, 3.63) is 66.1 Å². The quantitative estimate of drug-likeness (QED) is 0.526. The Kier molecular flexibility index (Phi) is 3.78. The van der Waals surface area contributed by atoms with Crippen LogP contribution in [0.5, 0.6) is 0 Å². The van der Waals surface area contributed by atoms with E-state index in [0.29, 0.717) is 0 Å². The van der Waals surface area contributed by atoms with Gasteiger partial charge < -0.3 is 5.32 Å². The third-order valence-corrected chi connectivity index (χ3v) is 2.00. The van der Waals surface area contributed by atoms with Crippen molar-refractivity contribution < 1.29 is 0 Å². The highest BCUT2D eigenvalue weighted by molar-refractivity contribution is 5.46. The summed E-state index contributed by atoms with van der Waals surface area (Å²) < 4.78 is 0. The number of hydrogen-bond acceptors (Lipinski definition) is 1. The first-order chi connectivity index (χ1) is 6.79. The van der Waals surface area contributed by atoms with E-state index < -0.39 is 0 Å². The molecule has 0 unspecified atom stereocenters. The highest BCUT2D eigenvalue weighted by Gasteiger charge is 2.06. The fraction of sp³-hybridized carbons (Fsp3) is 0.154. The normalized spacial score (nSPS) is 15.9. The lowest BCUT2D eigenvalue weighted by atomic mass is 10.0. The van der Waals surface area contributed by atoms with E-state index >= 15 is 0 Å². The third kappa shape index (κ3) is 2.38. The van der Waals surface area contributed by atoms with Gasteiger partial charge in [0.05, 0.1) is 0 Å². The molecule has 0 spiro atoms. The smallest absolute Gasteiger partial charge is 0.0452 e. The van der Waals surface area contributed by atoms with E-state index in [4.69, 9.17) is 0 Å². The van der Waals surface area contributed by atoms with E-state index in [0.717, 1.165) is 17.8 Å². The Labute approximate surface area is 85.5 Å². The van der Waals surface area contributed by atoms with Gasteiger partial charge in [0.25, 0.3) is 0 Å². The Morgan fingerprint density at radius 1 is 1.64 bits per heavy atom. The van der Waals surface area contributed by atoms with Crippen molar-refractivity contribution in [2.24, 2.45) is 0 Å². The summed E-state index contributed by atoms with van der Waals surface area (Å²) in [5, 5.41) is 3.32.